The third-order valence-corrected chi connectivity index (χ3v) is 6.19. The molecule has 0 spiro atoms. The number of benzene rings is 2. The van der Waals surface area contributed by atoms with Gasteiger partial charge in [0.1, 0.15) is 11.1 Å². The van der Waals surface area contributed by atoms with Gasteiger partial charge in [0, 0.05) is 16.5 Å². The molecule has 1 aromatic heterocycles. The second-order valence-corrected chi connectivity index (χ2v) is 8.49. The minimum Gasteiger partial charge on any atom is -0.423 e. The summed E-state index contributed by atoms with van der Waals surface area (Å²) < 4.78 is 5.28. The zero-order valence-corrected chi connectivity index (χ0v) is 18.4. The summed E-state index contributed by atoms with van der Waals surface area (Å²) in [5.74, 6) is -0.375. The number of carbonyl (C=O) groups is 2. The normalized spacial score (nSPS) is 18.6. The molecule has 1 atom stereocenters. The molecular weight excluding hydrogens is 416 g/mol. The van der Waals surface area contributed by atoms with Gasteiger partial charge < -0.3 is 9.73 Å². The van der Waals surface area contributed by atoms with Crippen LogP contribution in [0.3, 0.4) is 0 Å². The standard InChI is InChI=1S/C24H23ClN2O4/c1-4-5-15-6-8-17(9-7-15)24(3)22(29)27(23(30)26-24)13-16-11-21(28)31-20-10-14(2)19(25)12-18(16)20/h6-12H,4-5,13H2,1-3H3,(H,26,30). The Kier molecular flexibility index (Phi) is 5.35. The number of nitrogens with one attached hydrogen (secondary N) is 1. The maximum Gasteiger partial charge on any atom is 0.336 e. The quantitative estimate of drug-likeness (QED) is 0.463. The Bertz CT molecular complexity index is 1250. The van der Waals surface area contributed by atoms with Crippen LogP contribution < -0.4 is 10.9 Å². The van der Waals surface area contributed by atoms with Crippen LogP contribution in [0.15, 0.2) is 51.7 Å². The predicted molar refractivity (Wildman–Crippen MR) is 119 cm³/mol. The summed E-state index contributed by atoms with van der Waals surface area (Å²) >= 11 is 6.25. The molecule has 0 aliphatic carbocycles. The molecule has 3 aromatic rings. The smallest absolute Gasteiger partial charge is 0.336 e. The molecule has 2 heterocycles. The Morgan fingerprint density at radius 3 is 2.48 bits per heavy atom. The van der Waals surface area contributed by atoms with Crippen LogP contribution in [0.25, 0.3) is 11.0 Å². The molecule has 0 radical (unpaired) electrons. The summed E-state index contributed by atoms with van der Waals surface area (Å²) in [5.41, 5.74) is 1.80. The number of amides is 3. The largest absolute Gasteiger partial charge is 0.423 e. The Labute approximate surface area is 184 Å². The number of nitrogens with zero attached hydrogens (tertiary/aromatic N) is 1. The molecule has 1 N–H and O–H groups in total. The molecule has 0 bridgehead atoms. The van der Waals surface area contributed by atoms with Gasteiger partial charge in [-0.3, -0.25) is 9.69 Å². The van der Waals surface area contributed by atoms with Gasteiger partial charge in [0.15, 0.2) is 0 Å². The van der Waals surface area contributed by atoms with Crippen molar-refractivity contribution >= 4 is 34.5 Å². The third kappa shape index (κ3) is 3.72. The number of halogens is 1. The second kappa shape index (κ2) is 7.85. The van der Waals surface area contributed by atoms with Crippen molar-refractivity contribution in [3.8, 4) is 0 Å². The van der Waals surface area contributed by atoms with Crippen molar-refractivity contribution < 1.29 is 14.0 Å². The number of carbonyl (C=O) groups excluding carboxylic acids is 2. The number of aryl methyl sites for hydroxylation is 2. The maximum atomic E-state index is 13.3. The molecule has 160 valence electrons. The zero-order valence-electron chi connectivity index (χ0n) is 17.6. The lowest BCUT2D eigenvalue weighted by Gasteiger charge is -2.22. The van der Waals surface area contributed by atoms with Gasteiger partial charge in [-0.1, -0.05) is 49.2 Å². The summed E-state index contributed by atoms with van der Waals surface area (Å²) in [6, 6.07) is 11.9. The van der Waals surface area contributed by atoms with E-state index in [-0.39, 0.29) is 12.5 Å². The van der Waals surface area contributed by atoms with E-state index < -0.39 is 17.2 Å². The van der Waals surface area contributed by atoms with E-state index in [1.807, 2.05) is 31.2 Å². The summed E-state index contributed by atoms with van der Waals surface area (Å²) in [4.78, 5) is 39.3. The van der Waals surface area contributed by atoms with Gasteiger partial charge in [0.25, 0.3) is 5.91 Å². The molecule has 1 unspecified atom stereocenters. The van der Waals surface area contributed by atoms with Crippen molar-refractivity contribution in [2.24, 2.45) is 0 Å². The summed E-state index contributed by atoms with van der Waals surface area (Å²) in [6.07, 6.45) is 1.98. The van der Waals surface area contributed by atoms with Crippen LogP contribution in [0.2, 0.25) is 5.02 Å². The highest BCUT2D eigenvalue weighted by Gasteiger charge is 2.49. The Balaban J connectivity index is 1.69. The first-order valence-electron chi connectivity index (χ1n) is 10.2. The number of fused-ring (bicyclic) bond motifs is 1. The molecule has 1 saturated heterocycles. The SMILES string of the molecule is CCCc1ccc(C2(C)NC(=O)N(Cc3cc(=O)oc4cc(C)c(Cl)cc34)C2=O)cc1. The van der Waals surface area contributed by atoms with Crippen molar-refractivity contribution in [1.82, 2.24) is 10.2 Å². The van der Waals surface area contributed by atoms with Gasteiger partial charge in [-0.25, -0.2) is 9.59 Å². The molecule has 6 nitrogen and oxygen atoms in total. The molecule has 3 amide bonds. The lowest BCUT2D eigenvalue weighted by Crippen LogP contribution is -2.40. The van der Waals surface area contributed by atoms with E-state index in [9.17, 15) is 14.4 Å². The molecule has 2 aromatic carbocycles. The molecular formula is C24H23ClN2O4. The zero-order chi connectivity index (χ0) is 22.3. The lowest BCUT2D eigenvalue weighted by molar-refractivity contribution is -0.131. The topological polar surface area (TPSA) is 79.6 Å². The highest BCUT2D eigenvalue weighted by molar-refractivity contribution is 6.32. The van der Waals surface area contributed by atoms with Crippen LogP contribution in [0.4, 0.5) is 4.79 Å². The van der Waals surface area contributed by atoms with Crippen LogP contribution in [-0.2, 0) is 23.3 Å². The Morgan fingerprint density at radius 2 is 1.81 bits per heavy atom. The summed E-state index contributed by atoms with van der Waals surface area (Å²) in [7, 11) is 0. The number of hydrogen-bond acceptors (Lipinski definition) is 4. The van der Waals surface area contributed by atoms with E-state index in [0.29, 0.717) is 27.1 Å². The van der Waals surface area contributed by atoms with Crippen LogP contribution in [0.1, 0.15) is 42.5 Å². The van der Waals surface area contributed by atoms with E-state index in [4.69, 9.17) is 16.0 Å². The minimum absolute atomic E-state index is 0.0599. The summed E-state index contributed by atoms with van der Waals surface area (Å²) in [5, 5.41) is 3.91. The van der Waals surface area contributed by atoms with Crippen molar-refractivity contribution in [2.75, 3.05) is 0 Å². The van der Waals surface area contributed by atoms with Gasteiger partial charge in [0.05, 0.1) is 6.54 Å². The highest BCUT2D eigenvalue weighted by atomic mass is 35.5. The molecule has 31 heavy (non-hydrogen) atoms. The molecule has 7 heteroatoms. The Morgan fingerprint density at radius 1 is 1.10 bits per heavy atom. The Hall–Kier alpha value is -3.12. The van der Waals surface area contributed by atoms with Crippen molar-refractivity contribution in [3.05, 3.63) is 80.2 Å². The van der Waals surface area contributed by atoms with E-state index in [0.717, 1.165) is 23.3 Å². The van der Waals surface area contributed by atoms with Crippen molar-refractivity contribution in [3.63, 3.8) is 0 Å². The predicted octanol–water partition coefficient (Wildman–Crippen LogP) is 4.67. The van der Waals surface area contributed by atoms with Crippen LogP contribution >= 0.6 is 11.6 Å². The third-order valence-electron chi connectivity index (χ3n) is 5.78. The lowest BCUT2D eigenvalue weighted by atomic mass is 9.91. The van der Waals surface area contributed by atoms with Crippen molar-refractivity contribution in [2.45, 2.75) is 45.7 Å². The average molecular weight is 439 g/mol. The van der Waals surface area contributed by atoms with Crippen molar-refractivity contribution in [1.29, 1.82) is 0 Å². The average Bonchev–Trinajstić information content (AvgIpc) is 2.94. The first-order valence-corrected chi connectivity index (χ1v) is 10.6. The van der Waals surface area contributed by atoms with E-state index in [1.54, 1.807) is 19.1 Å². The van der Waals surface area contributed by atoms with Gasteiger partial charge in [-0.15, -0.1) is 0 Å². The van der Waals surface area contributed by atoms with Gasteiger partial charge >= 0.3 is 11.7 Å². The minimum atomic E-state index is -1.18. The molecule has 1 aliphatic heterocycles. The molecule has 4 rings (SSSR count). The summed E-state index contributed by atoms with van der Waals surface area (Å²) in [6.45, 7) is 5.55. The van der Waals surface area contributed by atoms with Crippen LogP contribution in [-0.4, -0.2) is 16.8 Å². The molecule has 1 fully saturated rings. The van der Waals surface area contributed by atoms with Gasteiger partial charge in [-0.2, -0.15) is 0 Å². The second-order valence-electron chi connectivity index (χ2n) is 8.08. The fourth-order valence-electron chi connectivity index (χ4n) is 3.98. The van der Waals surface area contributed by atoms with E-state index in [1.165, 1.54) is 11.6 Å². The van der Waals surface area contributed by atoms with E-state index in [2.05, 4.69) is 12.2 Å². The first-order chi connectivity index (χ1) is 14.7. The molecule has 0 saturated carbocycles. The fourth-order valence-corrected chi connectivity index (χ4v) is 4.14. The maximum absolute atomic E-state index is 13.3. The van der Waals surface area contributed by atoms with Crippen LogP contribution in [0.5, 0.6) is 0 Å². The molecule has 1 aliphatic rings. The number of rotatable bonds is 5. The van der Waals surface area contributed by atoms with Crippen LogP contribution in [0, 0.1) is 6.92 Å². The number of imide groups is 1. The fraction of sp³-hybridized carbons (Fsp3) is 0.292. The first kappa shape index (κ1) is 21.1. The van der Waals surface area contributed by atoms with Gasteiger partial charge in [0.2, 0.25) is 0 Å². The number of urea groups is 1. The van der Waals surface area contributed by atoms with Gasteiger partial charge in [-0.05, 0) is 54.7 Å². The monoisotopic (exact) mass is 438 g/mol. The highest BCUT2D eigenvalue weighted by Crippen LogP contribution is 2.32. The van der Waals surface area contributed by atoms with E-state index >= 15 is 0 Å². The number of hydrogen-bond donors (Lipinski definition) is 1.